The molecular weight excluding hydrogens is 134 g/mol. The lowest BCUT2D eigenvalue weighted by atomic mass is 10.2. The maximum Gasteiger partial charge on any atom is 0.0506 e. The molecule has 9 heavy (non-hydrogen) atoms. The van der Waals surface area contributed by atoms with Crippen molar-refractivity contribution in [3.05, 3.63) is 0 Å². The van der Waals surface area contributed by atoms with E-state index in [1.54, 1.807) is 12.5 Å². The van der Waals surface area contributed by atoms with Gasteiger partial charge in [0.1, 0.15) is 0 Å². The summed E-state index contributed by atoms with van der Waals surface area (Å²) in [4.78, 5) is 0. The molecule has 0 aromatic heterocycles. The van der Waals surface area contributed by atoms with E-state index < -0.39 is 9.73 Å². The maximum atomic E-state index is 10.9. The minimum absolute atomic E-state index is 0.519. The standard InChI is InChI=1S/C6H15NOS/c1-6(2)5-7-9(3,4)8/h6H,5H2,1-4H3. The first-order chi connectivity index (χ1) is 3.92. The summed E-state index contributed by atoms with van der Waals surface area (Å²) < 4.78 is 14.9. The van der Waals surface area contributed by atoms with Gasteiger partial charge in [0.15, 0.2) is 0 Å². The van der Waals surface area contributed by atoms with Crippen LogP contribution in [0, 0.1) is 5.92 Å². The molecule has 2 nitrogen and oxygen atoms in total. The Morgan fingerprint density at radius 1 is 1.44 bits per heavy atom. The van der Waals surface area contributed by atoms with Crippen LogP contribution in [-0.4, -0.2) is 23.3 Å². The molecule has 0 fully saturated rings. The Labute approximate surface area is 57.8 Å². The van der Waals surface area contributed by atoms with E-state index >= 15 is 0 Å². The topological polar surface area (TPSA) is 29.4 Å². The Morgan fingerprint density at radius 2 is 1.89 bits per heavy atom. The minimum atomic E-state index is -1.84. The highest BCUT2D eigenvalue weighted by molar-refractivity contribution is 7.92. The smallest absolute Gasteiger partial charge is 0.0506 e. The largest absolute Gasteiger partial charge is 0.250 e. The van der Waals surface area contributed by atoms with Gasteiger partial charge < -0.3 is 0 Å². The van der Waals surface area contributed by atoms with Crippen molar-refractivity contribution in [3.8, 4) is 0 Å². The predicted octanol–water partition coefficient (Wildman–Crippen LogP) is 1.37. The molecule has 0 aromatic carbocycles. The molecule has 0 aliphatic rings. The second kappa shape index (κ2) is 3.20. The summed E-state index contributed by atoms with van der Waals surface area (Å²) in [5.41, 5.74) is 0. The highest BCUT2D eigenvalue weighted by Gasteiger charge is 1.92. The first kappa shape index (κ1) is 8.95. The summed E-state index contributed by atoms with van der Waals surface area (Å²) in [5, 5.41) is 0. The van der Waals surface area contributed by atoms with Gasteiger partial charge in [-0.15, -0.1) is 0 Å². The van der Waals surface area contributed by atoms with Crippen molar-refractivity contribution in [1.82, 2.24) is 0 Å². The van der Waals surface area contributed by atoms with Crippen molar-refractivity contribution in [2.75, 3.05) is 19.1 Å². The van der Waals surface area contributed by atoms with Gasteiger partial charge in [-0.25, -0.2) is 4.36 Å². The van der Waals surface area contributed by atoms with Crippen LogP contribution in [0.5, 0.6) is 0 Å². The monoisotopic (exact) mass is 149 g/mol. The Bertz CT molecular complexity index is 169. The van der Waals surface area contributed by atoms with Gasteiger partial charge >= 0.3 is 0 Å². The van der Waals surface area contributed by atoms with Crippen LogP contribution in [0.2, 0.25) is 0 Å². The molecule has 0 radical (unpaired) electrons. The first-order valence-corrected chi connectivity index (χ1v) is 5.38. The quantitative estimate of drug-likeness (QED) is 0.583. The molecule has 0 aromatic rings. The van der Waals surface area contributed by atoms with Gasteiger partial charge in [-0.1, -0.05) is 13.8 Å². The number of hydrogen-bond donors (Lipinski definition) is 0. The van der Waals surface area contributed by atoms with E-state index in [0.29, 0.717) is 12.5 Å². The molecule has 0 rings (SSSR count). The molecule has 0 aliphatic carbocycles. The fraction of sp³-hybridized carbons (Fsp3) is 1.00. The van der Waals surface area contributed by atoms with Gasteiger partial charge in [-0.3, -0.25) is 4.21 Å². The number of rotatable bonds is 2. The molecule has 0 N–H and O–H groups in total. The molecule has 0 bridgehead atoms. The van der Waals surface area contributed by atoms with Crippen LogP contribution in [0.3, 0.4) is 0 Å². The van der Waals surface area contributed by atoms with Crippen LogP contribution in [-0.2, 0) is 9.73 Å². The first-order valence-electron chi connectivity index (χ1n) is 3.04. The van der Waals surface area contributed by atoms with Crippen LogP contribution >= 0.6 is 0 Å². The molecule has 56 valence electrons. The van der Waals surface area contributed by atoms with E-state index in [1.807, 2.05) is 0 Å². The highest BCUT2D eigenvalue weighted by atomic mass is 32.2. The molecule has 0 amide bonds. The van der Waals surface area contributed by atoms with Gasteiger partial charge in [-0.2, -0.15) is 0 Å². The number of hydrogen-bond acceptors (Lipinski definition) is 2. The van der Waals surface area contributed by atoms with E-state index in [4.69, 9.17) is 0 Å². The van der Waals surface area contributed by atoms with Crippen molar-refractivity contribution in [2.24, 2.45) is 10.3 Å². The third kappa shape index (κ3) is 7.95. The van der Waals surface area contributed by atoms with E-state index in [1.165, 1.54) is 0 Å². The van der Waals surface area contributed by atoms with E-state index in [-0.39, 0.29) is 0 Å². The molecule has 0 heterocycles. The van der Waals surface area contributed by atoms with Crippen LogP contribution in [0.4, 0.5) is 0 Å². The van der Waals surface area contributed by atoms with Crippen molar-refractivity contribution >= 4 is 9.73 Å². The normalized spacial score (nSPS) is 12.1. The Morgan fingerprint density at radius 3 is 2.00 bits per heavy atom. The number of nitrogens with zero attached hydrogens (tertiary/aromatic N) is 1. The van der Waals surface area contributed by atoms with E-state index in [2.05, 4.69) is 18.2 Å². The third-order valence-electron chi connectivity index (χ3n) is 0.751. The summed E-state index contributed by atoms with van der Waals surface area (Å²) in [6.07, 6.45) is 3.32. The van der Waals surface area contributed by atoms with Crippen LogP contribution < -0.4 is 0 Å². The van der Waals surface area contributed by atoms with Crippen molar-refractivity contribution in [3.63, 3.8) is 0 Å². The second-order valence-electron chi connectivity index (χ2n) is 2.89. The molecule has 3 heteroatoms. The summed E-state index contributed by atoms with van der Waals surface area (Å²) in [7, 11) is -1.84. The SMILES string of the molecule is CC(C)CN=S(C)(C)=O. The van der Waals surface area contributed by atoms with Crippen molar-refractivity contribution in [2.45, 2.75) is 13.8 Å². The Balaban J connectivity index is 3.87. The lowest BCUT2D eigenvalue weighted by Crippen LogP contribution is -1.98. The molecule has 0 spiro atoms. The summed E-state index contributed by atoms with van der Waals surface area (Å²) in [6, 6.07) is 0. The molecule has 0 unspecified atom stereocenters. The minimum Gasteiger partial charge on any atom is -0.250 e. The molecule has 0 saturated carbocycles. The van der Waals surface area contributed by atoms with Gasteiger partial charge in [0.2, 0.25) is 0 Å². The van der Waals surface area contributed by atoms with Gasteiger partial charge in [-0.05, 0) is 5.92 Å². The molecule has 0 saturated heterocycles. The lowest BCUT2D eigenvalue weighted by molar-refractivity contribution is 0.653. The zero-order valence-corrected chi connectivity index (χ0v) is 7.36. The van der Waals surface area contributed by atoms with Crippen LogP contribution in [0.1, 0.15) is 13.8 Å². The third-order valence-corrected chi connectivity index (χ3v) is 1.52. The van der Waals surface area contributed by atoms with Gasteiger partial charge in [0, 0.05) is 22.2 Å². The average molecular weight is 149 g/mol. The lowest BCUT2D eigenvalue weighted by Gasteiger charge is -1.98. The zero-order chi connectivity index (χ0) is 7.49. The van der Waals surface area contributed by atoms with Gasteiger partial charge in [0.05, 0.1) is 6.54 Å². The van der Waals surface area contributed by atoms with Crippen LogP contribution in [0.25, 0.3) is 0 Å². The predicted molar refractivity (Wildman–Crippen MR) is 42.1 cm³/mol. The van der Waals surface area contributed by atoms with Crippen molar-refractivity contribution < 1.29 is 4.21 Å². The Kier molecular flexibility index (Phi) is 3.18. The maximum absolute atomic E-state index is 10.9. The zero-order valence-electron chi connectivity index (χ0n) is 6.55. The van der Waals surface area contributed by atoms with Crippen LogP contribution in [0.15, 0.2) is 4.36 Å². The fourth-order valence-corrected chi connectivity index (χ4v) is 0.986. The Hall–Kier alpha value is -0.0500. The molecular formula is C6H15NOS. The van der Waals surface area contributed by atoms with Gasteiger partial charge in [0.25, 0.3) is 0 Å². The summed E-state index contributed by atoms with van der Waals surface area (Å²) in [6.45, 7) is 4.84. The molecule has 0 atom stereocenters. The highest BCUT2D eigenvalue weighted by Crippen LogP contribution is 1.94. The van der Waals surface area contributed by atoms with E-state index in [0.717, 1.165) is 0 Å². The summed E-state index contributed by atoms with van der Waals surface area (Å²) >= 11 is 0. The second-order valence-corrected chi connectivity index (χ2v) is 5.51. The van der Waals surface area contributed by atoms with Crippen molar-refractivity contribution in [1.29, 1.82) is 0 Å². The fourth-order valence-electron chi connectivity index (χ4n) is 0.329. The average Bonchev–Trinajstić information content (AvgIpc) is 1.59. The van der Waals surface area contributed by atoms with E-state index in [9.17, 15) is 4.21 Å². The molecule has 0 aliphatic heterocycles. The summed E-state index contributed by atoms with van der Waals surface area (Å²) in [5.74, 6) is 0.519.